The quantitative estimate of drug-likeness (QED) is 0.500. The molecule has 0 bridgehead atoms. The Balaban J connectivity index is 1.95. The van der Waals surface area contributed by atoms with Gasteiger partial charge in [0, 0.05) is 17.1 Å². The number of carbonyl (C=O) groups excluding carboxylic acids is 2. The zero-order valence-corrected chi connectivity index (χ0v) is 10.3. The molecule has 4 nitrogen and oxygen atoms in total. The highest BCUT2D eigenvalue weighted by atomic mass is 35.5. The van der Waals surface area contributed by atoms with E-state index in [4.69, 9.17) is 16.3 Å². The van der Waals surface area contributed by atoms with Crippen molar-refractivity contribution < 1.29 is 14.3 Å². The fourth-order valence-electron chi connectivity index (χ4n) is 1.56. The molecule has 1 aliphatic heterocycles. The number of ketones is 1. The number of rotatable bonds is 5. The summed E-state index contributed by atoms with van der Waals surface area (Å²) in [7, 11) is 0. The highest BCUT2D eigenvalue weighted by Crippen LogP contribution is 2.26. The van der Waals surface area contributed by atoms with Crippen LogP contribution in [0.15, 0.2) is 36.9 Å². The molecule has 1 saturated heterocycles. The van der Waals surface area contributed by atoms with Crippen LogP contribution >= 0.6 is 11.6 Å². The van der Waals surface area contributed by atoms with Crippen LogP contribution < -0.4 is 5.32 Å². The Morgan fingerprint density at radius 1 is 1.33 bits per heavy atom. The van der Waals surface area contributed by atoms with Crippen LogP contribution in [0, 0.1) is 0 Å². The highest BCUT2D eigenvalue weighted by molar-refractivity contribution is 6.30. The second-order valence-corrected chi connectivity index (χ2v) is 4.32. The number of nitrogens with one attached hydrogen (secondary N) is 1. The first-order valence-corrected chi connectivity index (χ1v) is 5.85. The summed E-state index contributed by atoms with van der Waals surface area (Å²) in [6, 6.07) is 6.49. The van der Waals surface area contributed by atoms with Gasteiger partial charge in [0.05, 0.1) is 0 Å². The smallest absolute Gasteiger partial charge is 0.252 e. The molecule has 2 rings (SSSR count). The number of halogens is 1. The molecule has 0 unspecified atom stereocenters. The predicted molar refractivity (Wildman–Crippen MR) is 67.7 cm³/mol. The molecule has 0 aromatic heterocycles. The van der Waals surface area contributed by atoms with Gasteiger partial charge in [0.2, 0.25) is 0 Å². The van der Waals surface area contributed by atoms with Gasteiger partial charge >= 0.3 is 0 Å². The molecule has 2 atom stereocenters. The highest BCUT2D eigenvalue weighted by Gasteiger charge is 2.50. The second-order valence-electron chi connectivity index (χ2n) is 3.88. The van der Waals surface area contributed by atoms with E-state index in [0.717, 1.165) is 0 Å². The van der Waals surface area contributed by atoms with Crippen molar-refractivity contribution in [3.63, 3.8) is 0 Å². The van der Waals surface area contributed by atoms with Gasteiger partial charge in [0.25, 0.3) is 5.91 Å². The Hall–Kier alpha value is -1.65. The van der Waals surface area contributed by atoms with E-state index in [1.165, 1.54) is 0 Å². The molecule has 5 heteroatoms. The van der Waals surface area contributed by atoms with Gasteiger partial charge in [-0.2, -0.15) is 0 Å². The molecule has 0 saturated carbocycles. The van der Waals surface area contributed by atoms with Crippen molar-refractivity contribution in [2.75, 3.05) is 6.54 Å². The molecule has 94 valence electrons. The van der Waals surface area contributed by atoms with Crippen LogP contribution in [-0.4, -0.2) is 30.4 Å². The number of ether oxygens (including phenoxy) is 1. The third-order valence-electron chi connectivity index (χ3n) is 2.56. The van der Waals surface area contributed by atoms with E-state index < -0.39 is 12.2 Å². The summed E-state index contributed by atoms with van der Waals surface area (Å²) in [4.78, 5) is 23.4. The number of amides is 1. The van der Waals surface area contributed by atoms with Gasteiger partial charge in [-0.15, -0.1) is 6.58 Å². The predicted octanol–water partition coefficient (Wildman–Crippen LogP) is 1.59. The summed E-state index contributed by atoms with van der Waals surface area (Å²) in [5.74, 6) is -0.493. The van der Waals surface area contributed by atoms with Crippen molar-refractivity contribution in [2.45, 2.75) is 12.2 Å². The third kappa shape index (κ3) is 2.78. The van der Waals surface area contributed by atoms with Crippen molar-refractivity contribution in [3.05, 3.63) is 47.5 Å². The van der Waals surface area contributed by atoms with E-state index >= 15 is 0 Å². The van der Waals surface area contributed by atoms with Crippen LogP contribution in [0.2, 0.25) is 5.02 Å². The maximum atomic E-state index is 11.9. The zero-order chi connectivity index (χ0) is 13.1. The Bertz CT molecular complexity index is 484. The van der Waals surface area contributed by atoms with Crippen LogP contribution in [0.4, 0.5) is 0 Å². The first-order chi connectivity index (χ1) is 8.63. The van der Waals surface area contributed by atoms with Gasteiger partial charge in [-0.05, 0) is 24.3 Å². The summed E-state index contributed by atoms with van der Waals surface area (Å²) in [5.41, 5.74) is 0.489. The first-order valence-electron chi connectivity index (χ1n) is 5.47. The molecular weight excluding hydrogens is 254 g/mol. The maximum absolute atomic E-state index is 11.9. The lowest BCUT2D eigenvalue weighted by atomic mass is 10.1. The largest absolute Gasteiger partial charge is 0.350 e. The number of carbonyl (C=O) groups is 2. The van der Waals surface area contributed by atoms with Gasteiger partial charge in [-0.25, -0.2) is 0 Å². The summed E-state index contributed by atoms with van der Waals surface area (Å²) < 4.78 is 5.09. The summed E-state index contributed by atoms with van der Waals surface area (Å²) in [6.07, 6.45) is 0.195. The number of epoxide rings is 1. The molecule has 1 N–H and O–H groups in total. The molecule has 0 aliphatic carbocycles. The van der Waals surface area contributed by atoms with Crippen LogP contribution in [0.1, 0.15) is 10.4 Å². The van der Waals surface area contributed by atoms with Crippen molar-refractivity contribution in [2.24, 2.45) is 0 Å². The molecule has 1 aromatic carbocycles. The molecule has 1 fully saturated rings. The first kappa shape index (κ1) is 12.8. The van der Waals surface area contributed by atoms with Gasteiger partial charge in [-0.3, -0.25) is 9.59 Å². The molecule has 0 radical (unpaired) electrons. The molecule has 18 heavy (non-hydrogen) atoms. The van der Waals surface area contributed by atoms with Gasteiger partial charge in [-0.1, -0.05) is 17.7 Å². The fourth-order valence-corrected chi connectivity index (χ4v) is 1.69. The Morgan fingerprint density at radius 2 is 2.00 bits per heavy atom. The van der Waals surface area contributed by atoms with Gasteiger partial charge < -0.3 is 10.1 Å². The number of hydrogen-bond donors (Lipinski definition) is 1. The Labute approximate surface area is 110 Å². The normalized spacial score (nSPS) is 21.2. The van der Waals surface area contributed by atoms with E-state index in [0.29, 0.717) is 17.1 Å². The zero-order valence-electron chi connectivity index (χ0n) is 9.56. The minimum absolute atomic E-state index is 0.203. The van der Waals surface area contributed by atoms with Crippen molar-refractivity contribution in [3.8, 4) is 0 Å². The van der Waals surface area contributed by atoms with E-state index in [2.05, 4.69) is 11.9 Å². The minimum Gasteiger partial charge on any atom is -0.350 e. The molecule has 1 amide bonds. The van der Waals surface area contributed by atoms with Gasteiger partial charge in [0.1, 0.15) is 0 Å². The summed E-state index contributed by atoms with van der Waals surface area (Å²) in [5, 5.41) is 3.14. The maximum Gasteiger partial charge on any atom is 0.252 e. The molecule has 0 spiro atoms. The Kier molecular flexibility index (Phi) is 3.79. The summed E-state index contributed by atoms with van der Waals surface area (Å²) in [6.45, 7) is 3.85. The SMILES string of the molecule is C=CCNC(=O)[C@H]1O[C@@H]1C(=O)c1ccc(Cl)cc1. The van der Waals surface area contributed by atoms with Crippen LogP contribution in [0.3, 0.4) is 0 Å². The van der Waals surface area contributed by atoms with E-state index in [1.54, 1.807) is 30.3 Å². The van der Waals surface area contributed by atoms with Crippen molar-refractivity contribution >= 4 is 23.3 Å². The fraction of sp³-hybridized carbons (Fsp3) is 0.231. The third-order valence-corrected chi connectivity index (χ3v) is 2.81. The van der Waals surface area contributed by atoms with E-state index in [-0.39, 0.29) is 11.7 Å². The van der Waals surface area contributed by atoms with Crippen LogP contribution in [0.5, 0.6) is 0 Å². The number of hydrogen-bond acceptors (Lipinski definition) is 3. The lowest BCUT2D eigenvalue weighted by Gasteiger charge is -1.98. The van der Waals surface area contributed by atoms with E-state index in [9.17, 15) is 9.59 Å². The lowest BCUT2D eigenvalue weighted by molar-refractivity contribution is -0.122. The standard InChI is InChI=1S/C13H12ClNO3/c1-2-7-15-13(17)12-11(18-12)10(16)8-3-5-9(14)6-4-8/h2-6,11-12H,1,7H2,(H,15,17)/t11-,12+/m1/s1. The van der Waals surface area contributed by atoms with Crippen LogP contribution in [0.25, 0.3) is 0 Å². The summed E-state index contributed by atoms with van der Waals surface area (Å²) >= 11 is 5.73. The lowest BCUT2D eigenvalue weighted by Crippen LogP contribution is -2.30. The monoisotopic (exact) mass is 265 g/mol. The second kappa shape index (κ2) is 5.33. The average molecular weight is 266 g/mol. The Morgan fingerprint density at radius 3 is 2.61 bits per heavy atom. The van der Waals surface area contributed by atoms with Crippen LogP contribution in [-0.2, 0) is 9.53 Å². The molecule has 1 aromatic rings. The number of Topliss-reactive ketones (excluding diaryl/α,β-unsaturated/α-hetero) is 1. The average Bonchev–Trinajstić information content (AvgIpc) is 3.16. The topological polar surface area (TPSA) is 58.7 Å². The minimum atomic E-state index is -0.687. The van der Waals surface area contributed by atoms with Gasteiger partial charge in [0.15, 0.2) is 18.0 Å². The van der Waals surface area contributed by atoms with Crippen molar-refractivity contribution in [1.29, 1.82) is 0 Å². The molecule has 1 aliphatic rings. The molecule has 1 heterocycles. The van der Waals surface area contributed by atoms with E-state index in [1.807, 2.05) is 0 Å². The number of benzene rings is 1. The van der Waals surface area contributed by atoms with Crippen molar-refractivity contribution in [1.82, 2.24) is 5.32 Å². The molecular formula is C13H12ClNO3.